The fourth-order valence-corrected chi connectivity index (χ4v) is 4.32. The molecule has 1 unspecified atom stereocenters. The van der Waals surface area contributed by atoms with Crippen LogP contribution in [0.1, 0.15) is 30.0 Å². The van der Waals surface area contributed by atoms with Crippen molar-refractivity contribution in [2.75, 3.05) is 16.8 Å². The highest BCUT2D eigenvalue weighted by Crippen LogP contribution is 2.31. The van der Waals surface area contributed by atoms with Crippen molar-refractivity contribution in [2.45, 2.75) is 31.9 Å². The number of urea groups is 1. The van der Waals surface area contributed by atoms with E-state index in [0.717, 1.165) is 46.6 Å². The van der Waals surface area contributed by atoms with E-state index in [9.17, 15) is 9.59 Å². The molecule has 28 heavy (non-hydrogen) atoms. The zero-order valence-electron chi connectivity index (χ0n) is 15.9. The summed E-state index contributed by atoms with van der Waals surface area (Å²) in [4.78, 5) is 26.2. The number of rotatable bonds is 2. The Morgan fingerprint density at radius 3 is 2.89 bits per heavy atom. The highest BCUT2D eigenvalue weighted by molar-refractivity contribution is 8.14. The molecule has 2 aliphatic rings. The minimum Gasteiger partial charge on any atom is -0.307 e. The Bertz CT molecular complexity index is 973. The van der Waals surface area contributed by atoms with E-state index < -0.39 is 0 Å². The number of nitrogens with one attached hydrogen (secondary N) is 2. The van der Waals surface area contributed by atoms with E-state index in [2.05, 4.69) is 21.9 Å². The molecule has 3 amide bonds. The standard InChI is InChI=1S/C21H22N4O2S/c1-13-6-3-4-8-17(13)22-20(26)25-11-5-7-15-12-16(9-10-18(15)25)19-14(2)28-21(27)24-23-19/h3-4,6,8-10,12,14H,5,7,11H2,1-2H3,(H,22,26)(H,24,27). The molecule has 4 rings (SSSR count). The van der Waals surface area contributed by atoms with Gasteiger partial charge in [0.15, 0.2) is 0 Å². The first-order valence-corrected chi connectivity index (χ1v) is 10.2. The van der Waals surface area contributed by atoms with Crippen molar-refractivity contribution >= 4 is 40.1 Å². The number of nitrogens with zero attached hydrogens (tertiary/aromatic N) is 2. The maximum atomic E-state index is 12.9. The number of carbonyl (C=O) groups is 2. The van der Waals surface area contributed by atoms with Gasteiger partial charge in [0.25, 0.3) is 5.24 Å². The average Bonchev–Trinajstić information content (AvgIpc) is 2.69. The number of para-hydroxylation sites is 1. The van der Waals surface area contributed by atoms with Crippen molar-refractivity contribution in [3.05, 3.63) is 59.2 Å². The fraction of sp³-hybridized carbons (Fsp3) is 0.286. The minimum atomic E-state index is -0.131. The van der Waals surface area contributed by atoms with Crippen LogP contribution in [0.2, 0.25) is 0 Å². The molecule has 0 radical (unpaired) electrons. The average molecular weight is 395 g/mol. The summed E-state index contributed by atoms with van der Waals surface area (Å²) in [6.45, 7) is 4.64. The van der Waals surface area contributed by atoms with Crippen LogP contribution in [-0.4, -0.2) is 28.8 Å². The Hall–Kier alpha value is -2.80. The molecule has 2 N–H and O–H groups in total. The van der Waals surface area contributed by atoms with Crippen molar-refractivity contribution < 1.29 is 9.59 Å². The molecule has 0 bridgehead atoms. The fourth-order valence-electron chi connectivity index (χ4n) is 3.60. The molecule has 2 aromatic rings. The van der Waals surface area contributed by atoms with Gasteiger partial charge in [0.1, 0.15) is 0 Å². The quantitative estimate of drug-likeness (QED) is 0.786. The van der Waals surface area contributed by atoms with Gasteiger partial charge in [-0.05, 0) is 61.6 Å². The lowest BCUT2D eigenvalue weighted by molar-refractivity contribution is 0.256. The summed E-state index contributed by atoms with van der Waals surface area (Å²) < 4.78 is 0. The highest BCUT2D eigenvalue weighted by atomic mass is 32.2. The van der Waals surface area contributed by atoms with Crippen LogP contribution < -0.4 is 15.6 Å². The summed E-state index contributed by atoms with van der Waals surface area (Å²) in [5.41, 5.74) is 8.30. The summed E-state index contributed by atoms with van der Waals surface area (Å²) in [5.74, 6) is 0. The summed E-state index contributed by atoms with van der Waals surface area (Å²) in [6.07, 6.45) is 1.82. The Morgan fingerprint density at radius 2 is 2.11 bits per heavy atom. The monoisotopic (exact) mass is 394 g/mol. The molecule has 144 valence electrons. The van der Waals surface area contributed by atoms with Crippen LogP contribution in [0, 0.1) is 6.92 Å². The third-order valence-corrected chi connectivity index (χ3v) is 5.94. The summed E-state index contributed by atoms with van der Waals surface area (Å²) in [7, 11) is 0. The van der Waals surface area contributed by atoms with Crippen molar-refractivity contribution in [1.82, 2.24) is 5.43 Å². The van der Waals surface area contributed by atoms with Crippen LogP contribution >= 0.6 is 11.8 Å². The largest absolute Gasteiger partial charge is 0.326 e. The van der Waals surface area contributed by atoms with Gasteiger partial charge in [-0.2, -0.15) is 5.10 Å². The maximum Gasteiger partial charge on any atom is 0.326 e. The number of anilines is 2. The lowest BCUT2D eigenvalue weighted by Crippen LogP contribution is -2.39. The summed E-state index contributed by atoms with van der Waals surface area (Å²) >= 11 is 1.23. The van der Waals surface area contributed by atoms with Crippen LogP contribution in [0.25, 0.3) is 0 Å². The number of thioether (sulfide) groups is 1. The van der Waals surface area contributed by atoms with Gasteiger partial charge in [0.2, 0.25) is 0 Å². The zero-order chi connectivity index (χ0) is 19.7. The number of benzene rings is 2. The first-order chi connectivity index (χ1) is 13.5. The third-order valence-electron chi connectivity index (χ3n) is 5.06. The SMILES string of the molecule is Cc1ccccc1NC(=O)N1CCCc2cc(C3=NNC(=O)SC3C)ccc21. The number of hydrogen-bond donors (Lipinski definition) is 2. The first kappa shape index (κ1) is 18.6. The number of hydrogen-bond acceptors (Lipinski definition) is 4. The Morgan fingerprint density at radius 1 is 1.29 bits per heavy atom. The lowest BCUT2D eigenvalue weighted by Gasteiger charge is -2.30. The van der Waals surface area contributed by atoms with Crippen LogP contribution in [0.3, 0.4) is 0 Å². The molecule has 0 saturated heterocycles. The van der Waals surface area contributed by atoms with Gasteiger partial charge in [-0.15, -0.1) is 0 Å². The van der Waals surface area contributed by atoms with Gasteiger partial charge in [-0.25, -0.2) is 10.2 Å². The molecule has 2 aromatic carbocycles. The van der Waals surface area contributed by atoms with Crippen LogP contribution in [0.15, 0.2) is 47.6 Å². The first-order valence-electron chi connectivity index (χ1n) is 9.34. The smallest absolute Gasteiger partial charge is 0.307 e. The molecule has 2 heterocycles. The van der Waals surface area contributed by atoms with Crippen molar-refractivity contribution in [3.63, 3.8) is 0 Å². The van der Waals surface area contributed by atoms with Crippen LogP contribution in [0.4, 0.5) is 21.0 Å². The maximum absolute atomic E-state index is 12.9. The molecule has 0 saturated carbocycles. The topological polar surface area (TPSA) is 73.8 Å². The molecule has 6 nitrogen and oxygen atoms in total. The van der Waals surface area contributed by atoms with Gasteiger partial charge < -0.3 is 5.32 Å². The van der Waals surface area contributed by atoms with Crippen LogP contribution in [0.5, 0.6) is 0 Å². The second-order valence-electron chi connectivity index (χ2n) is 7.00. The van der Waals surface area contributed by atoms with E-state index in [4.69, 9.17) is 0 Å². The molecular weight excluding hydrogens is 372 g/mol. The van der Waals surface area contributed by atoms with E-state index in [1.807, 2.05) is 50.2 Å². The molecule has 0 spiro atoms. The number of fused-ring (bicyclic) bond motifs is 1. The normalized spacial score (nSPS) is 18.8. The second kappa shape index (κ2) is 7.67. The third kappa shape index (κ3) is 3.62. The van der Waals surface area contributed by atoms with E-state index in [-0.39, 0.29) is 16.5 Å². The highest BCUT2D eigenvalue weighted by Gasteiger charge is 2.26. The predicted octanol–water partition coefficient (Wildman–Crippen LogP) is 4.53. The van der Waals surface area contributed by atoms with Crippen molar-refractivity contribution in [2.24, 2.45) is 5.10 Å². The van der Waals surface area contributed by atoms with E-state index in [1.165, 1.54) is 11.8 Å². The van der Waals surface area contributed by atoms with Gasteiger partial charge in [-0.3, -0.25) is 9.69 Å². The lowest BCUT2D eigenvalue weighted by atomic mass is 9.97. The Kier molecular flexibility index (Phi) is 5.09. The Labute approximate surface area is 168 Å². The van der Waals surface area contributed by atoms with Gasteiger partial charge in [0, 0.05) is 17.9 Å². The Balaban J connectivity index is 1.59. The number of hydrazone groups is 1. The van der Waals surface area contributed by atoms with E-state index in [1.54, 1.807) is 4.90 Å². The van der Waals surface area contributed by atoms with Crippen LogP contribution in [-0.2, 0) is 6.42 Å². The molecular formula is C21H22N4O2S. The number of carbonyl (C=O) groups excluding carboxylic acids is 2. The van der Waals surface area contributed by atoms with E-state index >= 15 is 0 Å². The molecule has 0 fully saturated rings. The molecule has 2 aliphatic heterocycles. The summed E-state index contributed by atoms with van der Waals surface area (Å²) in [5, 5.41) is 7.12. The number of aryl methyl sites for hydroxylation is 2. The van der Waals surface area contributed by atoms with Gasteiger partial charge >= 0.3 is 6.03 Å². The molecule has 0 aliphatic carbocycles. The summed E-state index contributed by atoms with van der Waals surface area (Å²) in [6, 6.07) is 13.7. The predicted molar refractivity (Wildman–Crippen MR) is 114 cm³/mol. The van der Waals surface area contributed by atoms with E-state index in [0.29, 0.717) is 6.54 Å². The second-order valence-corrected chi connectivity index (χ2v) is 8.31. The van der Waals surface area contributed by atoms with Crippen molar-refractivity contribution in [1.29, 1.82) is 0 Å². The number of amides is 3. The molecule has 1 atom stereocenters. The van der Waals surface area contributed by atoms with Gasteiger partial charge in [-0.1, -0.05) is 36.0 Å². The van der Waals surface area contributed by atoms with Crippen molar-refractivity contribution in [3.8, 4) is 0 Å². The minimum absolute atomic E-state index is 0.00384. The zero-order valence-corrected chi connectivity index (χ0v) is 16.7. The molecule has 0 aromatic heterocycles. The molecule has 7 heteroatoms. The van der Waals surface area contributed by atoms with Gasteiger partial charge in [0.05, 0.1) is 11.0 Å².